The Bertz CT molecular complexity index is 7330. The van der Waals surface area contributed by atoms with Gasteiger partial charge in [-0.05, 0) is 149 Å². The summed E-state index contributed by atoms with van der Waals surface area (Å²) in [5, 5.41) is 10.3. The first-order valence-corrected chi connectivity index (χ1v) is 35.0. The zero-order valence-electron chi connectivity index (χ0n) is 64.0. The highest BCUT2D eigenvalue weighted by atomic mass is 16.3. The van der Waals surface area contributed by atoms with E-state index in [4.69, 9.17) is 8.83 Å². The van der Waals surface area contributed by atoms with E-state index in [0.29, 0.717) is 55.0 Å². The van der Waals surface area contributed by atoms with Crippen molar-refractivity contribution in [2.75, 3.05) is 9.80 Å². The fraction of sp³-hybridized carbons (Fsp3) is 0.0426. The minimum Gasteiger partial charge on any atom is -0.454 e. The highest BCUT2D eigenvalue weighted by Gasteiger charge is 2.46. The van der Waals surface area contributed by atoms with Crippen LogP contribution in [0.2, 0.25) is 0 Å². The van der Waals surface area contributed by atoms with Gasteiger partial charge >= 0.3 is 0 Å². The van der Waals surface area contributed by atoms with Crippen LogP contribution in [0, 0.1) is 0 Å². The zero-order valence-corrected chi connectivity index (χ0v) is 56.0. The molecule has 15 aromatic carbocycles. The number of hydrogen-bond acceptors (Lipinski definition) is 4. The summed E-state index contributed by atoms with van der Waals surface area (Å²) in [6.45, 7) is 6.22. The van der Waals surface area contributed by atoms with E-state index in [9.17, 15) is 11.0 Å². The molecule has 8 heterocycles. The first-order chi connectivity index (χ1) is 54.1. The summed E-state index contributed by atoms with van der Waals surface area (Å²) in [6.07, 6.45) is 0. The summed E-state index contributed by atoms with van der Waals surface area (Å²) in [4.78, 5) is 4.79. The van der Waals surface area contributed by atoms with Gasteiger partial charge in [0, 0.05) is 110 Å². The van der Waals surface area contributed by atoms with Crippen LogP contribution < -0.4 is 26.2 Å². The van der Waals surface area contributed by atoms with Crippen molar-refractivity contribution in [2.24, 2.45) is 0 Å². The molecule has 6 aromatic heterocycles. The lowest BCUT2D eigenvalue weighted by molar-refractivity contribution is 0.590. The molecule has 2 aliphatic heterocycles. The van der Waals surface area contributed by atoms with Gasteiger partial charge in [-0.1, -0.05) is 215 Å². The molecule has 0 N–H and O–H groups in total. The molecule has 0 saturated heterocycles. The lowest BCUT2D eigenvalue weighted by atomic mass is 9.33. The van der Waals surface area contributed by atoms with Gasteiger partial charge in [0.25, 0.3) is 6.71 Å². The molecular formula is C94H61BN6O2. The van der Waals surface area contributed by atoms with E-state index < -0.39 is 12.1 Å². The van der Waals surface area contributed by atoms with Gasteiger partial charge in [0.15, 0.2) is 11.2 Å². The number of rotatable bonds is 6. The molecule has 103 heavy (non-hydrogen) atoms. The SMILES string of the molecule is [2H]c1c([2H])c([2H])c2c(c1[2H])c1cccc(N3c4cc(-n5c6ccccc6c6ccc7c8ccccc8oc7c65)ccc4B4c5ccc(-n6c7ccccc7c7ccc8c9ccccc9oc8c76)cc5N(c5cccc6c7c([2H])c([2H])c([2H])c([2H])c7n(-c7ccccc7)c56)c5cc(C(C)(C)C)cc3c54)c1n2-c1ccccc1. The van der Waals surface area contributed by atoms with Gasteiger partial charge in [-0.3, -0.25) is 0 Å². The molecule has 2 aliphatic rings. The third kappa shape index (κ3) is 7.69. The minimum atomic E-state index is -0.537. The third-order valence-electron chi connectivity index (χ3n) is 22.1. The van der Waals surface area contributed by atoms with Gasteiger partial charge in [0.1, 0.15) is 11.2 Å². The van der Waals surface area contributed by atoms with Crippen LogP contribution >= 0.6 is 0 Å². The summed E-state index contributed by atoms with van der Waals surface area (Å²) in [5.74, 6) is 0. The number of para-hydroxylation sites is 10. The Balaban J connectivity index is 0.900. The highest BCUT2D eigenvalue weighted by molar-refractivity contribution is 7.00. The number of aromatic nitrogens is 4. The van der Waals surface area contributed by atoms with Crippen molar-refractivity contribution in [3.63, 3.8) is 0 Å². The summed E-state index contributed by atoms with van der Waals surface area (Å²) in [7, 11) is 0. The van der Waals surface area contributed by atoms with Crippen LogP contribution in [0.3, 0.4) is 0 Å². The molecule has 9 heteroatoms. The van der Waals surface area contributed by atoms with Crippen LogP contribution in [0.5, 0.6) is 0 Å². The molecule has 0 atom stereocenters. The Hall–Kier alpha value is -13.2. The summed E-state index contributed by atoms with van der Waals surface area (Å²) >= 11 is 0. The number of hydrogen-bond donors (Lipinski definition) is 0. The van der Waals surface area contributed by atoms with E-state index in [-0.39, 0.29) is 48.3 Å². The molecule has 0 spiro atoms. The fourth-order valence-corrected chi connectivity index (χ4v) is 17.7. The van der Waals surface area contributed by atoms with E-state index >= 15 is 0 Å². The number of benzene rings is 15. The van der Waals surface area contributed by atoms with Gasteiger partial charge in [0.05, 0.1) is 66.5 Å². The maximum absolute atomic E-state index is 9.90. The average molecular weight is 1330 g/mol. The van der Waals surface area contributed by atoms with E-state index in [1.165, 1.54) is 0 Å². The van der Waals surface area contributed by atoms with Gasteiger partial charge in [-0.2, -0.15) is 0 Å². The number of nitrogens with zero attached hydrogens (tertiary/aromatic N) is 6. The predicted molar refractivity (Wildman–Crippen MR) is 431 cm³/mol. The van der Waals surface area contributed by atoms with Crippen LogP contribution in [0.15, 0.2) is 324 Å². The van der Waals surface area contributed by atoms with Crippen molar-refractivity contribution in [2.45, 2.75) is 26.2 Å². The van der Waals surface area contributed by atoms with Gasteiger partial charge in [-0.25, -0.2) is 0 Å². The fourth-order valence-electron chi connectivity index (χ4n) is 17.7. The van der Waals surface area contributed by atoms with E-state index in [1.807, 2.05) is 118 Å². The number of anilines is 6. The maximum Gasteiger partial charge on any atom is 0.252 e. The lowest BCUT2D eigenvalue weighted by Crippen LogP contribution is -2.61. The predicted octanol–water partition coefficient (Wildman–Crippen LogP) is 23.3. The minimum absolute atomic E-state index is 0.135. The Kier molecular flexibility index (Phi) is 9.91. The molecule has 0 fully saturated rings. The Morgan fingerprint density at radius 3 is 1.15 bits per heavy atom. The Labute approximate surface area is 602 Å². The van der Waals surface area contributed by atoms with Crippen LogP contribution in [0.4, 0.5) is 34.1 Å². The molecule has 21 aromatic rings. The molecule has 0 amide bonds. The van der Waals surface area contributed by atoms with Crippen LogP contribution in [-0.4, -0.2) is 25.0 Å². The molecule has 8 nitrogen and oxygen atoms in total. The van der Waals surface area contributed by atoms with E-state index in [2.05, 4.69) is 197 Å². The topological polar surface area (TPSA) is 52.5 Å². The molecule has 0 unspecified atom stereocenters. The standard InChI is InChI=1S/C94H61BN6O2/c1-94(2,3)56-52-83-87-84(53-56)101(80-41-23-35-68-62-29-11-17-37-76(62)97(89(68)80)58-26-8-5-9-27-58)82-55-60(99-78-39-19-13-31-64(78)70-47-49-72-66-33-15-21-43-86(66)103-93(72)91(70)99)45-51-74(82)95(87)73-50-44-59(98-77-38-18-12-30-63(77)69-46-48-71-65-32-14-20-42-85(65)102-92(71)90(69)98)54-81(73)100(83)79-40-22-34-67-61-28-10-16-36-75(61)96(88(67)79)57-24-6-4-7-25-57/h4-55H,1-3H3/i10D,11D,16D,17D,28D,29D,36D,37D. The lowest BCUT2D eigenvalue weighted by Gasteiger charge is -2.45. The summed E-state index contributed by atoms with van der Waals surface area (Å²) < 4.78 is 99.6. The second kappa shape index (κ2) is 20.7. The Morgan fingerprint density at radius 1 is 0.291 bits per heavy atom. The highest BCUT2D eigenvalue weighted by Crippen LogP contribution is 2.53. The normalized spacial score (nSPS) is 14.2. The maximum atomic E-state index is 9.90. The molecule has 0 saturated carbocycles. The van der Waals surface area contributed by atoms with Gasteiger partial charge in [0.2, 0.25) is 0 Å². The van der Waals surface area contributed by atoms with Gasteiger partial charge in [-0.15, -0.1) is 0 Å². The van der Waals surface area contributed by atoms with Crippen LogP contribution in [0.25, 0.3) is 154 Å². The van der Waals surface area contributed by atoms with Crippen molar-refractivity contribution >= 4 is 188 Å². The van der Waals surface area contributed by atoms with Crippen molar-refractivity contribution in [3.8, 4) is 22.7 Å². The van der Waals surface area contributed by atoms with Crippen LogP contribution in [0.1, 0.15) is 37.3 Å². The largest absolute Gasteiger partial charge is 0.454 e. The summed E-state index contributed by atoms with van der Waals surface area (Å²) in [6, 6.07) is 90.9. The second-order valence-corrected chi connectivity index (χ2v) is 28.5. The molecule has 482 valence electrons. The van der Waals surface area contributed by atoms with Crippen molar-refractivity contribution in [1.82, 2.24) is 18.3 Å². The number of furan rings is 2. The molecule has 23 rings (SSSR count). The average Bonchev–Trinajstić information content (AvgIpc) is 1.70. The molecular weight excluding hydrogens is 1260 g/mol. The second-order valence-electron chi connectivity index (χ2n) is 28.5. The molecule has 0 bridgehead atoms. The van der Waals surface area contributed by atoms with Gasteiger partial charge < -0.3 is 36.9 Å². The molecule has 0 aliphatic carbocycles. The van der Waals surface area contributed by atoms with Crippen molar-refractivity contribution in [3.05, 3.63) is 321 Å². The third-order valence-corrected chi connectivity index (χ3v) is 22.1. The van der Waals surface area contributed by atoms with E-state index in [1.54, 1.807) is 0 Å². The quantitative estimate of drug-likeness (QED) is 0.156. The zero-order chi connectivity index (χ0) is 74.6. The monoisotopic (exact) mass is 1320 g/mol. The summed E-state index contributed by atoms with van der Waals surface area (Å²) in [5.41, 5.74) is 20.4. The molecule has 0 radical (unpaired) electrons. The van der Waals surface area contributed by atoms with Crippen molar-refractivity contribution < 1.29 is 19.8 Å². The first-order valence-electron chi connectivity index (χ1n) is 39.0. The smallest absolute Gasteiger partial charge is 0.252 e. The first kappa shape index (κ1) is 49.3. The van der Waals surface area contributed by atoms with Crippen molar-refractivity contribution in [1.29, 1.82) is 0 Å². The van der Waals surface area contributed by atoms with E-state index in [0.717, 1.165) is 155 Å². The Morgan fingerprint density at radius 2 is 0.680 bits per heavy atom. The van der Waals surface area contributed by atoms with Crippen LogP contribution in [-0.2, 0) is 5.41 Å². The number of fused-ring (bicyclic) bond motifs is 24.